The van der Waals surface area contributed by atoms with E-state index in [1.807, 2.05) is 0 Å². The van der Waals surface area contributed by atoms with Gasteiger partial charge in [0.05, 0.1) is 9.79 Å². The maximum absolute atomic E-state index is 11.6. The van der Waals surface area contributed by atoms with Gasteiger partial charge in [0.1, 0.15) is 10.8 Å². The lowest BCUT2D eigenvalue weighted by Gasteiger charge is -2.07. The monoisotopic (exact) mass is 281 g/mol. The number of pyridine rings is 1. The molecule has 94 valence electrons. The van der Waals surface area contributed by atoms with Crippen molar-refractivity contribution in [3.63, 3.8) is 0 Å². The van der Waals surface area contributed by atoms with Gasteiger partial charge in [-0.15, -0.1) is 0 Å². The van der Waals surface area contributed by atoms with Crippen molar-refractivity contribution in [3.8, 4) is 5.75 Å². The van der Waals surface area contributed by atoms with Crippen molar-refractivity contribution in [2.45, 2.75) is 14.8 Å². The Hall–Kier alpha value is -1.53. The molecular formula is C12H11NO3S2. The maximum atomic E-state index is 11.6. The summed E-state index contributed by atoms with van der Waals surface area (Å²) in [6.45, 7) is 0. The van der Waals surface area contributed by atoms with Gasteiger partial charge in [0.25, 0.3) is 0 Å². The van der Waals surface area contributed by atoms with E-state index < -0.39 is 9.84 Å². The number of phenols is 1. The quantitative estimate of drug-likeness (QED) is 0.935. The van der Waals surface area contributed by atoms with Gasteiger partial charge in [-0.1, -0.05) is 23.9 Å². The van der Waals surface area contributed by atoms with E-state index in [0.717, 1.165) is 18.0 Å². The second kappa shape index (κ2) is 4.99. The van der Waals surface area contributed by atoms with E-state index >= 15 is 0 Å². The molecule has 1 heterocycles. The molecule has 0 aliphatic heterocycles. The van der Waals surface area contributed by atoms with Crippen molar-refractivity contribution in [2.75, 3.05) is 6.26 Å². The van der Waals surface area contributed by atoms with E-state index in [4.69, 9.17) is 0 Å². The second-order valence-corrected chi connectivity index (χ2v) is 6.66. The van der Waals surface area contributed by atoms with Crippen LogP contribution in [0.2, 0.25) is 0 Å². The highest BCUT2D eigenvalue weighted by atomic mass is 32.2. The highest BCUT2D eigenvalue weighted by molar-refractivity contribution is 8.00. The lowest BCUT2D eigenvalue weighted by molar-refractivity contribution is 0.462. The normalized spacial score (nSPS) is 11.4. The molecule has 4 nitrogen and oxygen atoms in total. The number of rotatable bonds is 3. The third-order valence-electron chi connectivity index (χ3n) is 2.21. The number of aromatic nitrogens is 1. The molecule has 0 radical (unpaired) electrons. The number of nitrogens with zero attached hydrogens (tertiary/aromatic N) is 1. The van der Waals surface area contributed by atoms with E-state index in [1.165, 1.54) is 12.3 Å². The molecule has 0 spiro atoms. The first kappa shape index (κ1) is 12.9. The average Bonchev–Trinajstić information content (AvgIpc) is 2.31. The average molecular weight is 281 g/mol. The summed E-state index contributed by atoms with van der Waals surface area (Å²) in [5.41, 5.74) is 0. The van der Waals surface area contributed by atoms with E-state index in [-0.39, 0.29) is 10.6 Å². The lowest BCUT2D eigenvalue weighted by atomic mass is 10.3. The first-order chi connectivity index (χ1) is 8.48. The minimum atomic E-state index is -3.33. The molecular weight excluding hydrogens is 270 g/mol. The summed E-state index contributed by atoms with van der Waals surface area (Å²) in [5.74, 6) is 0.104. The summed E-state index contributed by atoms with van der Waals surface area (Å²) in [5, 5.41) is 10.0. The third-order valence-corrected chi connectivity index (χ3v) is 4.55. The summed E-state index contributed by atoms with van der Waals surface area (Å²) in [7, 11) is -3.33. The largest absolute Gasteiger partial charge is 0.507 e. The molecule has 0 aliphatic rings. The molecule has 0 amide bonds. The Morgan fingerprint density at radius 3 is 2.56 bits per heavy atom. The molecule has 1 N–H and O–H groups in total. The predicted molar refractivity (Wildman–Crippen MR) is 69.6 cm³/mol. The van der Waals surface area contributed by atoms with Crippen LogP contribution in [-0.4, -0.2) is 24.8 Å². The van der Waals surface area contributed by atoms with E-state index in [2.05, 4.69) is 4.98 Å². The van der Waals surface area contributed by atoms with Crippen LogP contribution in [0.5, 0.6) is 5.75 Å². The van der Waals surface area contributed by atoms with Crippen LogP contribution in [0, 0.1) is 0 Å². The van der Waals surface area contributed by atoms with Crippen LogP contribution in [0.3, 0.4) is 0 Å². The van der Waals surface area contributed by atoms with Gasteiger partial charge >= 0.3 is 0 Å². The standard InChI is InChI=1S/C12H11NO3S2/c1-18(15,16)11-7-4-8-13-12(11)17-10-6-3-2-5-9(10)14/h2-8,14H,1H3. The Morgan fingerprint density at radius 2 is 1.89 bits per heavy atom. The molecule has 2 rings (SSSR count). The first-order valence-corrected chi connectivity index (χ1v) is 7.80. The van der Waals surface area contributed by atoms with Crippen molar-refractivity contribution < 1.29 is 13.5 Å². The Kier molecular flexibility index (Phi) is 3.58. The summed E-state index contributed by atoms with van der Waals surface area (Å²) in [6.07, 6.45) is 2.66. The van der Waals surface area contributed by atoms with E-state index in [1.54, 1.807) is 30.3 Å². The molecule has 0 aliphatic carbocycles. The van der Waals surface area contributed by atoms with Gasteiger partial charge in [-0.2, -0.15) is 0 Å². The van der Waals surface area contributed by atoms with Crippen LogP contribution in [0.4, 0.5) is 0 Å². The number of para-hydroxylation sites is 1. The van der Waals surface area contributed by atoms with Crippen molar-refractivity contribution in [2.24, 2.45) is 0 Å². The minimum Gasteiger partial charge on any atom is -0.507 e. The zero-order valence-corrected chi connectivity index (χ0v) is 11.2. The molecule has 0 atom stereocenters. The van der Waals surface area contributed by atoms with E-state index in [0.29, 0.717) is 9.92 Å². The summed E-state index contributed by atoms with van der Waals surface area (Å²) >= 11 is 1.13. The van der Waals surface area contributed by atoms with Crippen LogP contribution in [0.1, 0.15) is 0 Å². The fourth-order valence-electron chi connectivity index (χ4n) is 1.38. The number of sulfone groups is 1. The number of aromatic hydroxyl groups is 1. The summed E-state index contributed by atoms with van der Waals surface area (Å²) in [4.78, 5) is 4.79. The molecule has 0 bridgehead atoms. The van der Waals surface area contributed by atoms with Gasteiger partial charge in [-0.05, 0) is 24.3 Å². The minimum absolute atomic E-state index is 0.104. The zero-order chi connectivity index (χ0) is 13.2. The smallest absolute Gasteiger partial charge is 0.178 e. The number of benzene rings is 1. The molecule has 0 saturated heterocycles. The molecule has 0 unspecified atom stereocenters. The van der Waals surface area contributed by atoms with Crippen LogP contribution >= 0.6 is 11.8 Å². The fraction of sp³-hybridized carbons (Fsp3) is 0.0833. The summed E-state index contributed by atoms with van der Waals surface area (Å²) in [6, 6.07) is 9.81. The fourth-order valence-corrected chi connectivity index (χ4v) is 3.47. The van der Waals surface area contributed by atoms with Crippen LogP contribution < -0.4 is 0 Å². The van der Waals surface area contributed by atoms with Gasteiger partial charge in [0.15, 0.2) is 9.84 Å². The molecule has 2 aromatic rings. The molecule has 6 heteroatoms. The molecule has 1 aromatic heterocycles. The molecule has 0 saturated carbocycles. The van der Waals surface area contributed by atoms with Gasteiger partial charge in [0, 0.05) is 12.5 Å². The summed E-state index contributed by atoms with van der Waals surface area (Å²) < 4.78 is 23.2. The second-order valence-electron chi connectivity index (χ2n) is 3.65. The van der Waals surface area contributed by atoms with Crippen LogP contribution in [0.25, 0.3) is 0 Å². The van der Waals surface area contributed by atoms with Crippen LogP contribution in [0.15, 0.2) is 57.4 Å². The van der Waals surface area contributed by atoms with E-state index in [9.17, 15) is 13.5 Å². The highest BCUT2D eigenvalue weighted by Crippen LogP contribution is 2.35. The maximum Gasteiger partial charge on any atom is 0.178 e. The third kappa shape index (κ3) is 2.83. The van der Waals surface area contributed by atoms with Gasteiger partial charge in [-0.25, -0.2) is 13.4 Å². The Labute approximate surface area is 110 Å². The zero-order valence-electron chi connectivity index (χ0n) is 9.57. The lowest BCUT2D eigenvalue weighted by Crippen LogP contribution is -2.00. The van der Waals surface area contributed by atoms with Crippen LogP contribution in [-0.2, 0) is 9.84 Å². The van der Waals surface area contributed by atoms with Crippen molar-refractivity contribution in [3.05, 3.63) is 42.6 Å². The highest BCUT2D eigenvalue weighted by Gasteiger charge is 2.15. The Bertz CT molecular complexity index is 669. The SMILES string of the molecule is CS(=O)(=O)c1cccnc1Sc1ccccc1O. The number of phenolic OH excluding ortho intramolecular Hbond substituents is 1. The van der Waals surface area contributed by atoms with Crippen molar-refractivity contribution in [1.29, 1.82) is 0 Å². The first-order valence-electron chi connectivity index (χ1n) is 5.09. The number of hydrogen-bond donors (Lipinski definition) is 1. The van der Waals surface area contributed by atoms with Gasteiger partial charge in [0.2, 0.25) is 0 Å². The Balaban J connectivity index is 2.45. The molecule has 0 fully saturated rings. The van der Waals surface area contributed by atoms with Crippen molar-refractivity contribution >= 4 is 21.6 Å². The molecule has 18 heavy (non-hydrogen) atoms. The Morgan fingerprint density at radius 1 is 1.17 bits per heavy atom. The van der Waals surface area contributed by atoms with Gasteiger partial charge < -0.3 is 5.11 Å². The predicted octanol–water partition coefficient (Wildman–Crippen LogP) is 2.34. The molecule has 1 aromatic carbocycles. The van der Waals surface area contributed by atoms with Gasteiger partial charge in [-0.3, -0.25) is 0 Å². The number of hydrogen-bond acceptors (Lipinski definition) is 5. The van der Waals surface area contributed by atoms with Crippen molar-refractivity contribution in [1.82, 2.24) is 4.98 Å². The topological polar surface area (TPSA) is 67.3 Å².